The van der Waals surface area contributed by atoms with Crippen molar-refractivity contribution in [1.29, 1.82) is 5.26 Å². The molecule has 20 heavy (non-hydrogen) atoms. The van der Waals surface area contributed by atoms with Crippen LogP contribution >= 0.6 is 11.8 Å². The van der Waals surface area contributed by atoms with Crippen LogP contribution in [0.15, 0.2) is 52.3 Å². The van der Waals surface area contributed by atoms with Crippen LogP contribution in [0.25, 0.3) is 0 Å². The number of hydrogen-bond donors (Lipinski definition) is 1. The van der Waals surface area contributed by atoms with Crippen molar-refractivity contribution in [3.8, 4) is 6.07 Å². The number of aromatic carboxylic acids is 1. The van der Waals surface area contributed by atoms with Crippen LogP contribution in [0.1, 0.15) is 28.4 Å². The summed E-state index contributed by atoms with van der Waals surface area (Å²) >= 11 is 1.39. The quantitative estimate of drug-likeness (QED) is 0.922. The molecular formula is C16H13NO2S. The van der Waals surface area contributed by atoms with Gasteiger partial charge in [-0.3, -0.25) is 0 Å². The molecule has 0 atom stereocenters. The molecule has 0 spiro atoms. The summed E-state index contributed by atoms with van der Waals surface area (Å²) < 4.78 is 0. The van der Waals surface area contributed by atoms with E-state index in [0.29, 0.717) is 16.0 Å². The van der Waals surface area contributed by atoms with E-state index in [4.69, 9.17) is 5.26 Å². The van der Waals surface area contributed by atoms with Crippen molar-refractivity contribution in [3.63, 3.8) is 0 Å². The van der Waals surface area contributed by atoms with Crippen LogP contribution in [-0.2, 0) is 6.42 Å². The minimum atomic E-state index is -0.920. The molecule has 0 saturated heterocycles. The van der Waals surface area contributed by atoms with Crippen LogP contribution in [-0.4, -0.2) is 11.1 Å². The number of hydrogen-bond acceptors (Lipinski definition) is 3. The number of nitrogens with zero attached hydrogens (tertiary/aromatic N) is 1. The van der Waals surface area contributed by atoms with Crippen molar-refractivity contribution in [1.82, 2.24) is 0 Å². The summed E-state index contributed by atoms with van der Waals surface area (Å²) in [5.41, 5.74) is 1.92. The highest BCUT2D eigenvalue weighted by Gasteiger charge is 2.12. The second kappa shape index (κ2) is 6.27. The highest BCUT2D eigenvalue weighted by atomic mass is 32.2. The highest BCUT2D eigenvalue weighted by molar-refractivity contribution is 7.99. The lowest BCUT2D eigenvalue weighted by molar-refractivity contribution is 0.0693. The third kappa shape index (κ3) is 3.19. The Hall–Kier alpha value is -2.25. The number of rotatable bonds is 4. The lowest BCUT2D eigenvalue weighted by Crippen LogP contribution is -2.00. The van der Waals surface area contributed by atoms with Gasteiger partial charge in [-0.1, -0.05) is 24.8 Å². The maximum atomic E-state index is 11.3. The minimum Gasteiger partial charge on any atom is -0.478 e. The van der Waals surface area contributed by atoms with Crippen molar-refractivity contribution in [3.05, 3.63) is 59.2 Å². The van der Waals surface area contributed by atoms with Crippen LogP contribution in [0.5, 0.6) is 0 Å². The number of benzene rings is 2. The van der Waals surface area contributed by atoms with Crippen molar-refractivity contribution in [2.45, 2.75) is 23.1 Å². The Balaban J connectivity index is 2.32. The molecule has 0 aliphatic carbocycles. The zero-order valence-corrected chi connectivity index (χ0v) is 11.8. The molecule has 100 valence electrons. The molecule has 1 N–H and O–H groups in total. The first kappa shape index (κ1) is 14.2. The van der Waals surface area contributed by atoms with Gasteiger partial charge in [0, 0.05) is 9.79 Å². The number of aryl methyl sites for hydroxylation is 1. The summed E-state index contributed by atoms with van der Waals surface area (Å²) in [5, 5.41) is 18.0. The third-order valence-electron chi connectivity index (χ3n) is 2.89. The maximum Gasteiger partial charge on any atom is 0.336 e. The van der Waals surface area contributed by atoms with E-state index in [9.17, 15) is 9.90 Å². The summed E-state index contributed by atoms with van der Waals surface area (Å²) in [4.78, 5) is 12.9. The lowest BCUT2D eigenvalue weighted by atomic mass is 10.1. The van der Waals surface area contributed by atoms with E-state index in [1.165, 1.54) is 11.8 Å². The molecule has 2 aromatic carbocycles. The second-order valence-electron chi connectivity index (χ2n) is 4.23. The third-order valence-corrected chi connectivity index (χ3v) is 3.98. The molecule has 0 aliphatic heterocycles. The van der Waals surface area contributed by atoms with Gasteiger partial charge in [-0.2, -0.15) is 5.26 Å². The Morgan fingerprint density at radius 1 is 1.25 bits per heavy atom. The Labute approximate surface area is 121 Å². The van der Waals surface area contributed by atoms with Gasteiger partial charge in [0.25, 0.3) is 0 Å². The van der Waals surface area contributed by atoms with Crippen LogP contribution in [0.2, 0.25) is 0 Å². The number of nitriles is 1. The van der Waals surface area contributed by atoms with Crippen LogP contribution in [0, 0.1) is 11.3 Å². The first-order valence-electron chi connectivity index (χ1n) is 6.18. The average Bonchev–Trinajstić information content (AvgIpc) is 2.48. The van der Waals surface area contributed by atoms with Gasteiger partial charge in [-0.25, -0.2) is 4.79 Å². The summed E-state index contributed by atoms with van der Waals surface area (Å²) in [5.74, 6) is -0.920. The molecule has 4 heteroatoms. The van der Waals surface area contributed by atoms with E-state index in [2.05, 4.69) is 6.07 Å². The molecule has 2 aromatic rings. The van der Waals surface area contributed by atoms with Crippen molar-refractivity contribution in [2.75, 3.05) is 0 Å². The summed E-state index contributed by atoms with van der Waals surface area (Å²) in [6, 6.07) is 14.7. The molecule has 0 saturated carbocycles. The van der Waals surface area contributed by atoms with Gasteiger partial charge in [-0.05, 0) is 48.4 Å². The minimum absolute atomic E-state index is 0.318. The molecule has 0 aliphatic rings. The largest absolute Gasteiger partial charge is 0.478 e. The topological polar surface area (TPSA) is 61.1 Å². The van der Waals surface area contributed by atoms with Gasteiger partial charge in [0.2, 0.25) is 0 Å². The first-order chi connectivity index (χ1) is 9.63. The van der Waals surface area contributed by atoms with E-state index in [0.717, 1.165) is 16.9 Å². The SMILES string of the molecule is CCc1ccc(Sc2ccc(C#N)cc2)c(C(=O)O)c1. The van der Waals surface area contributed by atoms with Gasteiger partial charge in [0.1, 0.15) is 0 Å². The van der Waals surface area contributed by atoms with E-state index in [1.807, 2.05) is 31.2 Å². The molecule has 0 aromatic heterocycles. The molecule has 0 fully saturated rings. The van der Waals surface area contributed by atoms with Crippen LogP contribution < -0.4 is 0 Å². The summed E-state index contributed by atoms with van der Waals surface area (Å²) in [6.07, 6.45) is 0.808. The molecule has 0 heterocycles. The number of carboxylic acid groups (broad SMARTS) is 1. The Bertz CT molecular complexity index is 672. The Kier molecular flexibility index (Phi) is 4.44. The van der Waals surface area contributed by atoms with Crippen LogP contribution in [0.3, 0.4) is 0 Å². The summed E-state index contributed by atoms with van der Waals surface area (Å²) in [7, 11) is 0. The molecule has 0 amide bonds. The first-order valence-corrected chi connectivity index (χ1v) is 7.00. The number of carbonyl (C=O) groups is 1. The molecular weight excluding hydrogens is 270 g/mol. The second-order valence-corrected chi connectivity index (χ2v) is 5.34. The zero-order valence-electron chi connectivity index (χ0n) is 11.0. The maximum absolute atomic E-state index is 11.3. The molecule has 0 unspecified atom stereocenters. The standard InChI is InChI=1S/C16H13NO2S/c1-2-11-5-8-15(14(9-11)16(18)19)20-13-6-3-12(10-17)4-7-13/h3-9H,2H2,1H3,(H,18,19). The normalized spacial score (nSPS) is 10.0. The summed E-state index contributed by atoms with van der Waals surface area (Å²) in [6.45, 7) is 1.99. The lowest BCUT2D eigenvalue weighted by Gasteiger charge is -2.08. The molecule has 3 nitrogen and oxygen atoms in total. The highest BCUT2D eigenvalue weighted by Crippen LogP contribution is 2.31. The Morgan fingerprint density at radius 3 is 2.50 bits per heavy atom. The number of carboxylic acids is 1. The van der Waals surface area contributed by atoms with Crippen molar-refractivity contribution < 1.29 is 9.90 Å². The van der Waals surface area contributed by atoms with Crippen molar-refractivity contribution >= 4 is 17.7 Å². The van der Waals surface area contributed by atoms with Crippen LogP contribution in [0.4, 0.5) is 0 Å². The van der Waals surface area contributed by atoms with Crippen molar-refractivity contribution in [2.24, 2.45) is 0 Å². The van der Waals surface area contributed by atoms with Gasteiger partial charge >= 0.3 is 5.97 Å². The fourth-order valence-electron chi connectivity index (χ4n) is 1.78. The fourth-order valence-corrected chi connectivity index (χ4v) is 2.70. The fraction of sp³-hybridized carbons (Fsp3) is 0.125. The average molecular weight is 283 g/mol. The van der Waals surface area contributed by atoms with Gasteiger partial charge in [-0.15, -0.1) is 0 Å². The molecule has 2 rings (SSSR count). The molecule has 0 radical (unpaired) electrons. The van der Waals surface area contributed by atoms with Gasteiger partial charge in [0.15, 0.2) is 0 Å². The zero-order chi connectivity index (χ0) is 14.5. The van der Waals surface area contributed by atoms with E-state index >= 15 is 0 Å². The predicted molar refractivity (Wildman–Crippen MR) is 78.1 cm³/mol. The van der Waals surface area contributed by atoms with E-state index in [1.54, 1.807) is 18.2 Å². The smallest absolute Gasteiger partial charge is 0.336 e. The monoisotopic (exact) mass is 283 g/mol. The van der Waals surface area contributed by atoms with Gasteiger partial charge in [0.05, 0.1) is 17.2 Å². The van der Waals surface area contributed by atoms with Gasteiger partial charge < -0.3 is 5.11 Å². The predicted octanol–water partition coefficient (Wildman–Crippen LogP) is 3.97. The van der Waals surface area contributed by atoms with E-state index < -0.39 is 5.97 Å². The Morgan fingerprint density at radius 2 is 1.95 bits per heavy atom. The van der Waals surface area contributed by atoms with E-state index in [-0.39, 0.29) is 0 Å². The molecule has 0 bridgehead atoms.